The van der Waals surface area contributed by atoms with Crippen molar-refractivity contribution in [1.29, 1.82) is 0 Å². The van der Waals surface area contributed by atoms with Gasteiger partial charge in [0.15, 0.2) is 0 Å². The standard InChI is InChI=1S/C8H18N2O/c1-8(2,3)6-10(5)7(11)9-4/h6H2,1-5H3,(H,9,11). The van der Waals surface area contributed by atoms with Crippen molar-refractivity contribution in [2.75, 3.05) is 20.6 Å². The Balaban J connectivity index is 3.87. The van der Waals surface area contributed by atoms with Crippen LogP contribution in [0.4, 0.5) is 4.79 Å². The van der Waals surface area contributed by atoms with Gasteiger partial charge in [-0.25, -0.2) is 4.79 Å². The topological polar surface area (TPSA) is 32.3 Å². The molecule has 2 amide bonds. The van der Waals surface area contributed by atoms with Gasteiger partial charge in [0.2, 0.25) is 0 Å². The van der Waals surface area contributed by atoms with Crippen LogP contribution in [0.1, 0.15) is 20.8 Å². The van der Waals surface area contributed by atoms with E-state index in [-0.39, 0.29) is 11.4 Å². The first-order chi connectivity index (χ1) is 4.87. The Labute approximate surface area is 68.8 Å². The summed E-state index contributed by atoms with van der Waals surface area (Å²) in [5, 5.41) is 2.57. The highest BCUT2D eigenvalue weighted by Gasteiger charge is 2.15. The van der Waals surface area contributed by atoms with Gasteiger partial charge in [0, 0.05) is 20.6 Å². The van der Waals surface area contributed by atoms with Crippen LogP contribution < -0.4 is 5.32 Å². The van der Waals surface area contributed by atoms with E-state index >= 15 is 0 Å². The van der Waals surface area contributed by atoms with Crippen molar-refractivity contribution in [3.05, 3.63) is 0 Å². The number of hydrogen-bond donors (Lipinski definition) is 1. The average molecular weight is 158 g/mol. The van der Waals surface area contributed by atoms with E-state index in [1.54, 1.807) is 19.0 Å². The van der Waals surface area contributed by atoms with Crippen molar-refractivity contribution < 1.29 is 4.79 Å². The molecule has 0 aliphatic heterocycles. The Morgan fingerprint density at radius 3 is 2.18 bits per heavy atom. The largest absolute Gasteiger partial charge is 0.341 e. The van der Waals surface area contributed by atoms with Gasteiger partial charge in [0.05, 0.1) is 0 Å². The maximum absolute atomic E-state index is 11.0. The Kier molecular flexibility index (Phi) is 3.36. The normalized spacial score (nSPS) is 11.0. The Morgan fingerprint density at radius 2 is 1.91 bits per heavy atom. The molecule has 0 aliphatic carbocycles. The zero-order valence-electron chi connectivity index (χ0n) is 8.06. The summed E-state index contributed by atoms with van der Waals surface area (Å²) < 4.78 is 0. The van der Waals surface area contributed by atoms with Gasteiger partial charge in [0.25, 0.3) is 0 Å². The van der Waals surface area contributed by atoms with Gasteiger partial charge in [-0.15, -0.1) is 0 Å². The first-order valence-electron chi connectivity index (χ1n) is 3.79. The quantitative estimate of drug-likeness (QED) is 0.613. The minimum atomic E-state index is -0.0278. The molecule has 0 aromatic carbocycles. The summed E-state index contributed by atoms with van der Waals surface area (Å²) in [6, 6.07) is -0.0278. The lowest BCUT2D eigenvalue weighted by atomic mass is 9.96. The zero-order chi connectivity index (χ0) is 9.07. The fraction of sp³-hybridized carbons (Fsp3) is 0.875. The van der Waals surface area contributed by atoms with E-state index in [0.717, 1.165) is 6.54 Å². The average Bonchev–Trinajstić information content (AvgIpc) is 1.82. The van der Waals surface area contributed by atoms with E-state index in [1.165, 1.54) is 0 Å². The molecule has 3 heteroatoms. The van der Waals surface area contributed by atoms with E-state index in [9.17, 15) is 4.79 Å². The predicted octanol–water partition coefficient (Wildman–Crippen LogP) is 1.30. The maximum atomic E-state index is 11.0. The highest BCUT2D eigenvalue weighted by atomic mass is 16.2. The fourth-order valence-electron chi connectivity index (χ4n) is 0.974. The van der Waals surface area contributed by atoms with Crippen molar-refractivity contribution in [2.45, 2.75) is 20.8 Å². The van der Waals surface area contributed by atoms with Gasteiger partial charge in [-0.3, -0.25) is 0 Å². The van der Waals surface area contributed by atoms with E-state index in [2.05, 4.69) is 26.1 Å². The molecular weight excluding hydrogens is 140 g/mol. The Hall–Kier alpha value is -0.730. The summed E-state index contributed by atoms with van der Waals surface area (Å²) in [6.07, 6.45) is 0. The summed E-state index contributed by atoms with van der Waals surface area (Å²) in [5.41, 5.74) is 0.168. The Bertz CT molecular complexity index is 138. The maximum Gasteiger partial charge on any atom is 0.316 e. The van der Waals surface area contributed by atoms with Gasteiger partial charge in [0.1, 0.15) is 0 Å². The molecule has 0 fully saturated rings. The third kappa shape index (κ3) is 4.65. The number of carbonyl (C=O) groups is 1. The van der Waals surface area contributed by atoms with E-state index < -0.39 is 0 Å². The second-order valence-corrected chi connectivity index (χ2v) is 3.97. The van der Waals surface area contributed by atoms with Crippen molar-refractivity contribution in [3.8, 4) is 0 Å². The smallest absolute Gasteiger partial charge is 0.316 e. The van der Waals surface area contributed by atoms with E-state index in [4.69, 9.17) is 0 Å². The molecule has 0 bridgehead atoms. The molecular formula is C8H18N2O. The molecule has 0 rings (SSSR count). The first-order valence-corrected chi connectivity index (χ1v) is 3.79. The predicted molar refractivity (Wildman–Crippen MR) is 46.5 cm³/mol. The van der Waals surface area contributed by atoms with Gasteiger partial charge in [-0.05, 0) is 5.41 Å². The Morgan fingerprint density at radius 1 is 1.45 bits per heavy atom. The third-order valence-corrected chi connectivity index (χ3v) is 1.27. The molecule has 0 saturated heterocycles. The van der Waals surface area contributed by atoms with E-state index in [1.807, 2.05) is 0 Å². The molecule has 0 unspecified atom stereocenters. The minimum absolute atomic E-state index is 0.0278. The van der Waals surface area contributed by atoms with Crippen LogP contribution in [0.15, 0.2) is 0 Å². The molecule has 0 aromatic heterocycles. The van der Waals surface area contributed by atoms with Crippen LogP contribution in [0.2, 0.25) is 0 Å². The van der Waals surface area contributed by atoms with Crippen molar-refractivity contribution in [3.63, 3.8) is 0 Å². The summed E-state index contributed by atoms with van der Waals surface area (Å²) in [6.45, 7) is 7.08. The SMILES string of the molecule is CNC(=O)N(C)CC(C)(C)C. The summed E-state index contributed by atoms with van der Waals surface area (Å²) in [5.74, 6) is 0. The summed E-state index contributed by atoms with van der Waals surface area (Å²) >= 11 is 0. The lowest BCUT2D eigenvalue weighted by Gasteiger charge is -2.26. The van der Waals surface area contributed by atoms with Crippen LogP contribution >= 0.6 is 0 Å². The van der Waals surface area contributed by atoms with Crippen LogP contribution in [0.25, 0.3) is 0 Å². The molecule has 0 saturated carbocycles. The molecule has 0 spiro atoms. The minimum Gasteiger partial charge on any atom is -0.341 e. The lowest BCUT2D eigenvalue weighted by Crippen LogP contribution is -2.39. The molecule has 0 aliphatic rings. The number of rotatable bonds is 1. The highest BCUT2D eigenvalue weighted by molar-refractivity contribution is 5.73. The lowest BCUT2D eigenvalue weighted by molar-refractivity contribution is 0.190. The van der Waals surface area contributed by atoms with Crippen molar-refractivity contribution in [2.24, 2.45) is 5.41 Å². The molecule has 11 heavy (non-hydrogen) atoms. The van der Waals surface area contributed by atoms with Crippen LogP contribution in [0.3, 0.4) is 0 Å². The number of hydrogen-bond acceptors (Lipinski definition) is 1. The molecule has 0 heterocycles. The second-order valence-electron chi connectivity index (χ2n) is 3.97. The number of nitrogens with zero attached hydrogens (tertiary/aromatic N) is 1. The second kappa shape index (κ2) is 3.60. The molecule has 66 valence electrons. The van der Waals surface area contributed by atoms with Gasteiger partial charge in [-0.2, -0.15) is 0 Å². The van der Waals surface area contributed by atoms with Gasteiger partial charge >= 0.3 is 6.03 Å². The van der Waals surface area contributed by atoms with Crippen molar-refractivity contribution in [1.82, 2.24) is 10.2 Å². The summed E-state index contributed by atoms with van der Waals surface area (Å²) in [4.78, 5) is 12.7. The number of amides is 2. The van der Waals surface area contributed by atoms with Crippen LogP contribution in [-0.2, 0) is 0 Å². The number of carbonyl (C=O) groups excluding carboxylic acids is 1. The third-order valence-electron chi connectivity index (χ3n) is 1.27. The van der Waals surface area contributed by atoms with Gasteiger partial charge in [-0.1, -0.05) is 20.8 Å². The number of urea groups is 1. The molecule has 3 nitrogen and oxygen atoms in total. The molecule has 0 aromatic rings. The first kappa shape index (κ1) is 10.3. The van der Waals surface area contributed by atoms with Crippen LogP contribution in [-0.4, -0.2) is 31.6 Å². The van der Waals surface area contributed by atoms with E-state index in [0.29, 0.717) is 0 Å². The number of nitrogens with one attached hydrogen (secondary N) is 1. The fourth-order valence-corrected chi connectivity index (χ4v) is 0.974. The zero-order valence-corrected chi connectivity index (χ0v) is 8.06. The van der Waals surface area contributed by atoms with Crippen LogP contribution in [0, 0.1) is 5.41 Å². The molecule has 0 atom stereocenters. The van der Waals surface area contributed by atoms with Gasteiger partial charge < -0.3 is 10.2 Å². The van der Waals surface area contributed by atoms with Crippen molar-refractivity contribution >= 4 is 6.03 Å². The summed E-state index contributed by atoms with van der Waals surface area (Å²) in [7, 11) is 3.44. The monoisotopic (exact) mass is 158 g/mol. The molecule has 1 N–H and O–H groups in total. The molecule has 0 radical (unpaired) electrons. The highest BCUT2D eigenvalue weighted by Crippen LogP contribution is 2.13. The van der Waals surface area contributed by atoms with Crippen LogP contribution in [0.5, 0.6) is 0 Å².